The van der Waals surface area contributed by atoms with Gasteiger partial charge in [-0.2, -0.15) is 5.10 Å². The van der Waals surface area contributed by atoms with Gasteiger partial charge in [0.2, 0.25) is 0 Å². The average Bonchev–Trinajstić information content (AvgIpc) is 2.67. The third kappa shape index (κ3) is 3.79. The number of aromatic hydroxyl groups is 2. The predicted octanol–water partition coefficient (Wildman–Crippen LogP) is 5.00. The molecule has 0 saturated carbocycles. The Hall–Kier alpha value is -3.60. The molecule has 3 aromatic carbocycles. The van der Waals surface area contributed by atoms with Crippen LogP contribution in [0, 0.1) is 27.7 Å². The van der Waals surface area contributed by atoms with Crippen LogP contribution >= 0.6 is 0 Å². The van der Waals surface area contributed by atoms with Gasteiger partial charge in [-0.15, -0.1) is 0 Å². The van der Waals surface area contributed by atoms with Crippen LogP contribution in [-0.4, -0.2) is 28.3 Å². The molecule has 0 aliphatic carbocycles. The Morgan fingerprint density at radius 2 is 1.40 bits per heavy atom. The molecular weight excluding hydrogens is 374 g/mol. The lowest BCUT2D eigenvalue weighted by Crippen LogP contribution is -2.32. The van der Waals surface area contributed by atoms with Crippen molar-refractivity contribution in [1.29, 1.82) is 0 Å². The van der Waals surface area contributed by atoms with E-state index in [9.17, 15) is 10.2 Å². The third-order valence-electron chi connectivity index (χ3n) is 5.31. The zero-order valence-corrected chi connectivity index (χ0v) is 17.6. The summed E-state index contributed by atoms with van der Waals surface area (Å²) in [6, 6.07) is 17.0. The monoisotopic (exact) mass is 399 g/mol. The number of aliphatic imine (C=N–C) groups is 1. The van der Waals surface area contributed by atoms with E-state index in [1.54, 1.807) is 17.1 Å². The van der Waals surface area contributed by atoms with Crippen LogP contribution in [0.25, 0.3) is 0 Å². The SMILES string of the molecule is Cc1ccc(C2=NC(c3ccc(C)cc3C)=NN(c3ccc(O)cc3O)C2)c(C)c1. The molecule has 1 heterocycles. The van der Waals surface area contributed by atoms with Crippen LogP contribution < -0.4 is 5.01 Å². The molecule has 0 atom stereocenters. The van der Waals surface area contributed by atoms with Gasteiger partial charge in [0.15, 0.2) is 5.84 Å². The third-order valence-corrected chi connectivity index (χ3v) is 5.31. The molecule has 30 heavy (non-hydrogen) atoms. The van der Waals surface area contributed by atoms with Gasteiger partial charge < -0.3 is 10.2 Å². The lowest BCUT2D eigenvalue weighted by Gasteiger charge is -2.27. The van der Waals surface area contributed by atoms with E-state index in [1.165, 1.54) is 17.2 Å². The van der Waals surface area contributed by atoms with Gasteiger partial charge in [-0.25, -0.2) is 4.99 Å². The van der Waals surface area contributed by atoms with E-state index in [4.69, 9.17) is 10.1 Å². The normalized spacial score (nSPS) is 13.8. The number of phenols is 2. The van der Waals surface area contributed by atoms with Gasteiger partial charge in [0.05, 0.1) is 12.3 Å². The van der Waals surface area contributed by atoms with Crippen LogP contribution in [0.1, 0.15) is 33.4 Å². The molecule has 1 aliphatic rings. The molecular formula is C25H25N3O2. The van der Waals surface area contributed by atoms with E-state index in [1.807, 2.05) is 19.1 Å². The van der Waals surface area contributed by atoms with E-state index in [0.717, 1.165) is 28.0 Å². The Kier molecular flexibility index (Phi) is 5.04. The predicted molar refractivity (Wildman–Crippen MR) is 122 cm³/mol. The topological polar surface area (TPSA) is 68.4 Å². The minimum atomic E-state index is -0.0272. The molecule has 1 aliphatic heterocycles. The van der Waals surface area contributed by atoms with Crippen LogP contribution in [0.4, 0.5) is 5.69 Å². The van der Waals surface area contributed by atoms with Gasteiger partial charge >= 0.3 is 0 Å². The first kappa shape index (κ1) is 19.7. The first-order valence-electron chi connectivity index (χ1n) is 9.93. The summed E-state index contributed by atoms with van der Waals surface area (Å²) in [7, 11) is 0. The second-order valence-electron chi connectivity index (χ2n) is 7.85. The maximum Gasteiger partial charge on any atom is 0.180 e. The van der Waals surface area contributed by atoms with Crippen molar-refractivity contribution in [3.05, 3.63) is 88.0 Å². The number of anilines is 1. The molecule has 0 spiro atoms. The highest BCUT2D eigenvalue weighted by molar-refractivity contribution is 6.16. The first-order chi connectivity index (χ1) is 14.3. The molecule has 5 nitrogen and oxygen atoms in total. The molecule has 0 unspecified atom stereocenters. The zero-order chi connectivity index (χ0) is 21.4. The number of nitrogens with zero attached hydrogens (tertiary/aromatic N) is 3. The quantitative estimate of drug-likeness (QED) is 0.651. The summed E-state index contributed by atoms with van der Waals surface area (Å²) in [6.07, 6.45) is 0. The fourth-order valence-electron chi connectivity index (χ4n) is 3.81. The molecule has 152 valence electrons. The number of benzene rings is 3. The van der Waals surface area contributed by atoms with Gasteiger partial charge in [0, 0.05) is 17.2 Å². The molecule has 5 heteroatoms. The summed E-state index contributed by atoms with van der Waals surface area (Å²) in [5, 5.41) is 26.6. The first-order valence-corrected chi connectivity index (χ1v) is 9.93. The lowest BCUT2D eigenvalue weighted by atomic mass is 10.00. The molecule has 0 bridgehead atoms. The molecule has 4 rings (SSSR count). The van der Waals surface area contributed by atoms with E-state index >= 15 is 0 Å². The van der Waals surface area contributed by atoms with Crippen LogP contribution in [0.2, 0.25) is 0 Å². The second-order valence-corrected chi connectivity index (χ2v) is 7.85. The minimum absolute atomic E-state index is 0.00936. The minimum Gasteiger partial charge on any atom is -0.508 e. The van der Waals surface area contributed by atoms with E-state index in [0.29, 0.717) is 18.1 Å². The van der Waals surface area contributed by atoms with Gasteiger partial charge in [-0.3, -0.25) is 5.01 Å². The van der Waals surface area contributed by atoms with Crippen molar-refractivity contribution in [2.45, 2.75) is 27.7 Å². The standard InChI is InChI=1S/C25H25N3O2/c1-15-5-8-20(17(3)11-15)22-14-28(23-10-7-19(29)13-24(23)30)27-25(26-22)21-9-6-16(2)12-18(21)4/h5-13,29-30H,14H2,1-4H3. The Morgan fingerprint density at radius 1 is 0.767 bits per heavy atom. The summed E-state index contributed by atoms with van der Waals surface area (Å²) in [5.74, 6) is 0.580. The second kappa shape index (κ2) is 7.67. The fourth-order valence-corrected chi connectivity index (χ4v) is 3.81. The van der Waals surface area contributed by atoms with Crippen LogP contribution in [0.3, 0.4) is 0 Å². The number of hydrogen-bond donors (Lipinski definition) is 2. The number of amidine groups is 1. The highest BCUT2D eigenvalue weighted by Gasteiger charge is 2.23. The number of hydrazone groups is 1. The van der Waals surface area contributed by atoms with Crippen LogP contribution in [0.5, 0.6) is 11.5 Å². The zero-order valence-electron chi connectivity index (χ0n) is 17.6. The van der Waals surface area contributed by atoms with Gasteiger partial charge in [-0.05, 0) is 51.0 Å². The number of aryl methyl sites for hydroxylation is 4. The summed E-state index contributed by atoms with van der Waals surface area (Å²) >= 11 is 0. The highest BCUT2D eigenvalue weighted by Crippen LogP contribution is 2.33. The Balaban J connectivity index is 1.87. The Bertz CT molecular complexity index is 1190. The summed E-state index contributed by atoms with van der Waals surface area (Å²) in [4.78, 5) is 4.92. The van der Waals surface area contributed by atoms with E-state index in [-0.39, 0.29) is 11.5 Å². The van der Waals surface area contributed by atoms with Gasteiger partial charge in [-0.1, -0.05) is 47.5 Å². The van der Waals surface area contributed by atoms with Crippen LogP contribution in [-0.2, 0) is 0 Å². The molecule has 0 amide bonds. The van der Waals surface area contributed by atoms with E-state index in [2.05, 4.69) is 45.0 Å². The molecule has 3 aromatic rings. The maximum absolute atomic E-state index is 10.4. The molecule has 2 N–H and O–H groups in total. The fraction of sp³-hybridized carbons (Fsp3) is 0.200. The van der Waals surface area contributed by atoms with Gasteiger partial charge in [0.25, 0.3) is 0 Å². The van der Waals surface area contributed by atoms with Gasteiger partial charge in [0.1, 0.15) is 17.2 Å². The van der Waals surface area contributed by atoms with Crippen molar-refractivity contribution in [1.82, 2.24) is 0 Å². The Labute approximate surface area is 176 Å². The summed E-state index contributed by atoms with van der Waals surface area (Å²) in [5.41, 5.74) is 8.02. The number of rotatable bonds is 3. The summed E-state index contributed by atoms with van der Waals surface area (Å²) < 4.78 is 0. The largest absolute Gasteiger partial charge is 0.508 e. The van der Waals surface area contributed by atoms with Crippen molar-refractivity contribution in [3.8, 4) is 11.5 Å². The maximum atomic E-state index is 10.4. The van der Waals surface area contributed by atoms with E-state index < -0.39 is 0 Å². The molecule has 0 saturated heterocycles. The van der Waals surface area contributed by atoms with Crippen molar-refractivity contribution in [2.24, 2.45) is 10.1 Å². The number of phenolic OH excluding ortho intramolecular Hbond substituents is 2. The average molecular weight is 399 g/mol. The van der Waals surface area contributed by atoms with Crippen molar-refractivity contribution < 1.29 is 10.2 Å². The molecule has 0 aromatic heterocycles. The van der Waals surface area contributed by atoms with Crippen molar-refractivity contribution >= 4 is 17.2 Å². The Morgan fingerprint density at radius 3 is 2.00 bits per heavy atom. The number of hydrogen-bond acceptors (Lipinski definition) is 5. The molecule has 0 fully saturated rings. The summed E-state index contributed by atoms with van der Waals surface area (Å²) in [6.45, 7) is 8.67. The van der Waals surface area contributed by atoms with Crippen LogP contribution in [0.15, 0.2) is 64.7 Å². The lowest BCUT2D eigenvalue weighted by molar-refractivity contribution is 0.450. The highest BCUT2D eigenvalue weighted by atomic mass is 16.3. The van der Waals surface area contributed by atoms with Crippen molar-refractivity contribution in [3.63, 3.8) is 0 Å². The van der Waals surface area contributed by atoms with Crippen molar-refractivity contribution in [2.75, 3.05) is 11.6 Å². The molecule has 0 radical (unpaired) electrons. The smallest absolute Gasteiger partial charge is 0.180 e.